The van der Waals surface area contributed by atoms with Crippen molar-refractivity contribution in [1.82, 2.24) is 0 Å². The largest absolute Gasteiger partial charge is 0.494 e. The second kappa shape index (κ2) is 6.61. The number of nitrogens with two attached hydrogens (primary N) is 1. The minimum Gasteiger partial charge on any atom is -0.494 e. The van der Waals surface area contributed by atoms with Crippen molar-refractivity contribution in [2.75, 3.05) is 12.4 Å². The molecule has 0 amide bonds. The van der Waals surface area contributed by atoms with Gasteiger partial charge in [0, 0.05) is 0 Å². The van der Waals surface area contributed by atoms with E-state index in [1.54, 1.807) is 0 Å². The van der Waals surface area contributed by atoms with Gasteiger partial charge in [-0.15, -0.1) is 0 Å². The highest BCUT2D eigenvalue weighted by atomic mass is 32.2. The fourth-order valence-electron chi connectivity index (χ4n) is 1.48. The van der Waals surface area contributed by atoms with E-state index in [0.717, 1.165) is 24.2 Å². The third-order valence-corrected chi connectivity index (χ3v) is 3.19. The van der Waals surface area contributed by atoms with E-state index in [1.165, 1.54) is 0 Å². The Morgan fingerprint density at radius 3 is 2.65 bits per heavy atom. The summed E-state index contributed by atoms with van der Waals surface area (Å²) in [4.78, 5) is 0. The summed E-state index contributed by atoms with van der Waals surface area (Å²) in [7, 11) is -3.31. The van der Waals surface area contributed by atoms with E-state index in [4.69, 9.17) is 9.88 Å². The molecule has 0 saturated carbocycles. The van der Waals surface area contributed by atoms with Crippen LogP contribution in [0.2, 0.25) is 0 Å². The molecule has 0 saturated heterocycles. The highest BCUT2D eigenvalue weighted by Gasteiger charge is 2.01. The topological polar surface area (TPSA) is 69.4 Å². The molecule has 2 N–H and O–H groups in total. The van der Waals surface area contributed by atoms with Crippen LogP contribution in [0.1, 0.15) is 24.8 Å². The minimum atomic E-state index is -3.31. The fourth-order valence-corrected chi connectivity index (χ4v) is 2.08. The predicted molar refractivity (Wildman–Crippen MR) is 68.5 cm³/mol. The molecule has 1 aromatic carbocycles. The Balaban J connectivity index is 2.13. The van der Waals surface area contributed by atoms with Crippen molar-refractivity contribution in [3.05, 3.63) is 29.8 Å². The maximum Gasteiger partial charge on any atom is 0.209 e. The molecule has 1 rings (SSSR count). The molecule has 0 atom stereocenters. The van der Waals surface area contributed by atoms with Gasteiger partial charge in [-0.05, 0) is 43.9 Å². The number of hydrogen-bond acceptors (Lipinski definition) is 3. The van der Waals surface area contributed by atoms with Gasteiger partial charge < -0.3 is 4.74 Å². The van der Waals surface area contributed by atoms with Crippen LogP contribution in [0.4, 0.5) is 0 Å². The van der Waals surface area contributed by atoms with Crippen molar-refractivity contribution in [1.29, 1.82) is 0 Å². The number of sulfonamides is 1. The lowest BCUT2D eigenvalue weighted by molar-refractivity contribution is 0.306. The molecular weight excluding hydrogens is 238 g/mol. The molecule has 0 fully saturated rings. The van der Waals surface area contributed by atoms with E-state index < -0.39 is 10.0 Å². The molecule has 0 unspecified atom stereocenters. The highest BCUT2D eigenvalue weighted by Crippen LogP contribution is 2.12. The zero-order valence-electron chi connectivity index (χ0n) is 10.1. The average molecular weight is 257 g/mol. The van der Waals surface area contributed by atoms with E-state index in [2.05, 4.69) is 0 Å². The Kier molecular flexibility index (Phi) is 5.44. The maximum absolute atomic E-state index is 10.7. The zero-order chi connectivity index (χ0) is 12.7. The summed E-state index contributed by atoms with van der Waals surface area (Å²) in [6.07, 6.45) is 2.24. The first-order chi connectivity index (χ1) is 7.97. The molecule has 5 heteroatoms. The van der Waals surface area contributed by atoms with Gasteiger partial charge in [-0.2, -0.15) is 0 Å². The van der Waals surface area contributed by atoms with Gasteiger partial charge in [-0.1, -0.05) is 12.1 Å². The summed E-state index contributed by atoms with van der Waals surface area (Å²) in [6.45, 7) is 2.62. The monoisotopic (exact) mass is 257 g/mol. The standard InChI is InChI=1S/C12H19NO3S/c1-11-6-5-7-12(10-11)16-8-3-2-4-9-17(13,14)15/h5-7,10H,2-4,8-9H2,1H3,(H2,13,14,15). The normalized spacial score (nSPS) is 11.4. The van der Waals surface area contributed by atoms with Crippen LogP contribution in [-0.4, -0.2) is 20.8 Å². The first kappa shape index (κ1) is 14.0. The third kappa shape index (κ3) is 6.97. The smallest absolute Gasteiger partial charge is 0.209 e. The first-order valence-corrected chi connectivity index (χ1v) is 7.39. The van der Waals surface area contributed by atoms with Gasteiger partial charge in [-0.3, -0.25) is 0 Å². The number of aryl methyl sites for hydroxylation is 1. The van der Waals surface area contributed by atoms with E-state index in [0.29, 0.717) is 13.0 Å². The Labute approximate surface area is 103 Å². The lowest BCUT2D eigenvalue weighted by Crippen LogP contribution is -2.16. The molecule has 0 aliphatic rings. The van der Waals surface area contributed by atoms with Crippen LogP contribution < -0.4 is 9.88 Å². The SMILES string of the molecule is Cc1cccc(OCCCCCS(N)(=O)=O)c1. The van der Waals surface area contributed by atoms with Crippen LogP contribution in [0.3, 0.4) is 0 Å². The molecular formula is C12H19NO3S. The van der Waals surface area contributed by atoms with Crippen molar-refractivity contribution >= 4 is 10.0 Å². The summed E-state index contributed by atoms with van der Waals surface area (Å²) in [5.74, 6) is 0.911. The van der Waals surface area contributed by atoms with Crippen molar-refractivity contribution in [3.8, 4) is 5.75 Å². The Morgan fingerprint density at radius 2 is 2.00 bits per heavy atom. The van der Waals surface area contributed by atoms with E-state index in [9.17, 15) is 8.42 Å². The van der Waals surface area contributed by atoms with E-state index in [1.807, 2.05) is 31.2 Å². The number of rotatable bonds is 7. The van der Waals surface area contributed by atoms with Crippen LogP contribution in [-0.2, 0) is 10.0 Å². The molecule has 4 nitrogen and oxygen atoms in total. The van der Waals surface area contributed by atoms with Crippen molar-refractivity contribution in [2.45, 2.75) is 26.2 Å². The fraction of sp³-hybridized carbons (Fsp3) is 0.500. The highest BCUT2D eigenvalue weighted by molar-refractivity contribution is 7.89. The van der Waals surface area contributed by atoms with Gasteiger partial charge in [0.05, 0.1) is 12.4 Å². The van der Waals surface area contributed by atoms with Gasteiger partial charge in [-0.25, -0.2) is 13.6 Å². The quantitative estimate of drug-likeness (QED) is 0.758. The number of ether oxygens (including phenoxy) is 1. The second-order valence-corrected chi connectivity index (χ2v) is 5.83. The zero-order valence-corrected chi connectivity index (χ0v) is 10.9. The van der Waals surface area contributed by atoms with Crippen molar-refractivity contribution in [2.24, 2.45) is 5.14 Å². The Morgan fingerprint density at radius 1 is 1.24 bits per heavy atom. The number of benzene rings is 1. The molecule has 0 spiro atoms. The second-order valence-electron chi connectivity index (χ2n) is 4.09. The van der Waals surface area contributed by atoms with Gasteiger partial charge in [0.15, 0.2) is 0 Å². The summed E-state index contributed by atoms with van der Waals surface area (Å²) >= 11 is 0. The van der Waals surface area contributed by atoms with Crippen molar-refractivity contribution < 1.29 is 13.2 Å². The molecule has 0 aliphatic heterocycles. The molecule has 0 aromatic heterocycles. The summed E-state index contributed by atoms with van der Waals surface area (Å²) in [5, 5.41) is 4.90. The molecule has 96 valence electrons. The van der Waals surface area contributed by atoms with Gasteiger partial charge in [0.1, 0.15) is 5.75 Å². The summed E-state index contributed by atoms with van der Waals surface area (Å²) in [5.41, 5.74) is 1.16. The molecule has 0 bridgehead atoms. The van der Waals surface area contributed by atoms with Gasteiger partial charge in [0.25, 0.3) is 0 Å². The summed E-state index contributed by atoms with van der Waals surface area (Å²) in [6, 6.07) is 7.85. The van der Waals surface area contributed by atoms with Gasteiger partial charge in [0.2, 0.25) is 10.0 Å². The van der Waals surface area contributed by atoms with Gasteiger partial charge >= 0.3 is 0 Å². The maximum atomic E-state index is 10.7. The third-order valence-electron chi connectivity index (χ3n) is 2.33. The van der Waals surface area contributed by atoms with Crippen LogP contribution in [0.25, 0.3) is 0 Å². The lowest BCUT2D eigenvalue weighted by Gasteiger charge is -2.06. The lowest BCUT2D eigenvalue weighted by atomic mass is 10.2. The Bertz CT molecular complexity index is 443. The van der Waals surface area contributed by atoms with Crippen LogP contribution in [0.5, 0.6) is 5.75 Å². The van der Waals surface area contributed by atoms with E-state index >= 15 is 0 Å². The molecule has 17 heavy (non-hydrogen) atoms. The molecule has 0 heterocycles. The predicted octanol–water partition coefficient (Wildman–Crippen LogP) is 1.83. The number of hydrogen-bond donors (Lipinski definition) is 1. The van der Waals surface area contributed by atoms with Crippen LogP contribution in [0.15, 0.2) is 24.3 Å². The molecule has 0 aliphatic carbocycles. The van der Waals surface area contributed by atoms with E-state index in [-0.39, 0.29) is 5.75 Å². The minimum absolute atomic E-state index is 0.0530. The summed E-state index contributed by atoms with van der Waals surface area (Å²) < 4.78 is 26.9. The van der Waals surface area contributed by atoms with Crippen molar-refractivity contribution in [3.63, 3.8) is 0 Å². The average Bonchev–Trinajstić information content (AvgIpc) is 2.22. The van der Waals surface area contributed by atoms with Crippen LogP contribution in [0, 0.1) is 6.92 Å². The molecule has 0 radical (unpaired) electrons. The number of unbranched alkanes of at least 4 members (excludes halogenated alkanes) is 2. The van der Waals surface area contributed by atoms with Crippen LogP contribution >= 0.6 is 0 Å². The Hall–Kier alpha value is -1.07. The first-order valence-electron chi connectivity index (χ1n) is 5.67. The number of primary sulfonamides is 1. The molecule has 1 aromatic rings.